The Hall–Kier alpha value is -1.74. The number of sulfonamides is 1. The Kier molecular flexibility index (Phi) is 5.51. The molecule has 5 atom stereocenters. The van der Waals surface area contributed by atoms with E-state index in [-0.39, 0.29) is 48.6 Å². The lowest BCUT2D eigenvalue weighted by molar-refractivity contribution is -0.142. The Balaban J connectivity index is 1.38. The van der Waals surface area contributed by atoms with E-state index < -0.39 is 26.6 Å². The van der Waals surface area contributed by atoms with Crippen LogP contribution in [0.15, 0.2) is 0 Å². The number of nitrogens with one attached hydrogen (secondary N) is 2. The summed E-state index contributed by atoms with van der Waals surface area (Å²) in [5, 5.41) is 8.96. The monoisotopic (exact) mass is 479 g/mol. The summed E-state index contributed by atoms with van der Waals surface area (Å²) in [6.07, 6.45) is 4.53. The van der Waals surface area contributed by atoms with Crippen molar-refractivity contribution in [2.45, 2.75) is 94.2 Å². The van der Waals surface area contributed by atoms with Crippen LogP contribution in [-0.4, -0.2) is 72.2 Å². The van der Waals surface area contributed by atoms with Gasteiger partial charge in [0.25, 0.3) is 0 Å². The van der Waals surface area contributed by atoms with E-state index in [1.807, 2.05) is 13.8 Å². The van der Waals surface area contributed by atoms with E-state index in [9.17, 15) is 23.3 Å². The van der Waals surface area contributed by atoms with E-state index in [4.69, 9.17) is 4.84 Å². The Morgan fingerprint density at radius 1 is 1.21 bits per heavy atom. The maximum Gasteiger partial charge on any atom is 0.327 e. The summed E-state index contributed by atoms with van der Waals surface area (Å²) in [4.78, 5) is 35.5. The van der Waals surface area contributed by atoms with E-state index in [1.54, 1.807) is 4.90 Å². The van der Waals surface area contributed by atoms with Gasteiger partial charge in [-0.05, 0) is 65.2 Å². The second-order valence-electron chi connectivity index (χ2n) is 11.1. The molecule has 3 saturated carbocycles. The minimum absolute atomic E-state index is 0.126. The van der Waals surface area contributed by atoms with Crippen molar-refractivity contribution in [2.24, 2.45) is 11.3 Å². The number of hydrogen-bond acceptors (Lipinski definition) is 7. The average molecular weight is 480 g/mol. The van der Waals surface area contributed by atoms with Gasteiger partial charge in [0, 0.05) is 24.2 Å². The average Bonchev–Trinajstić information content (AvgIpc) is 3.67. The molecule has 11 heteroatoms. The highest BCUT2D eigenvalue weighted by molar-refractivity contribution is 7.90. The van der Waals surface area contributed by atoms with Crippen LogP contribution in [0.25, 0.3) is 0 Å². The molecule has 33 heavy (non-hydrogen) atoms. The number of carbonyl (C=O) groups is 2. The van der Waals surface area contributed by atoms with E-state index in [1.165, 1.54) is 4.90 Å². The van der Waals surface area contributed by atoms with Crippen LogP contribution >= 0.6 is 0 Å². The van der Waals surface area contributed by atoms with Crippen LogP contribution in [0.3, 0.4) is 0 Å². The van der Waals surface area contributed by atoms with Gasteiger partial charge < -0.3 is 4.90 Å². The van der Waals surface area contributed by atoms with Crippen molar-refractivity contribution in [3.63, 3.8) is 0 Å². The molecule has 5 unspecified atom stereocenters. The zero-order valence-electron chi connectivity index (χ0n) is 19.2. The van der Waals surface area contributed by atoms with E-state index in [0.717, 1.165) is 25.7 Å². The third kappa shape index (κ3) is 4.38. The lowest BCUT2D eigenvalue weighted by Crippen LogP contribution is -2.65. The maximum atomic E-state index is 13.5. The number of fused-ring (bicyclic) bond motifs is 1. The molecule has 0 aromatic heterocycles. The lowest BCUT2D eigenvalue weighted by atomic mass is 9.80. The van der Waals surface area contributed by atoms with Gasteiger partial charge in [0.05, 0.1) is 35.3 Å². The number of hydrogen-bond donors (Lipinski definition) is 2. The molecule has 2 N–H and O–H groups in total. The summed E-state index contributed by atoms with van der Waals surface area (Å²) in [7, 11) is -3.57. The third-order valence-electron chi connectivity index (χ3n) is 8.06. The fourth-order valence-electron chi connectivity index (χ4n) is 5.50. The maximum absolute atomic E-state index is 13.5. The van der Waals surface area contributed by atoms with Crippen LogP contribution in [0.4, 0.5) is 4.79 Å². The van der Waals surface area contributed by atoms with Crippen LogP contribution in [0.1, 0.15) is 65.2 Å². The summed E-state index contributed by atoms with van der Waals surface area (Å²) in [5.74, 6) is -0.907. The molecule has 5 fully saturated rings. The minimum atomic E-state index is -3.57. The summed E-state index contributed by atoms with van der Waals surface area (Å²) >= 11 is 0. The standard InChI is InChI=1S/C22H33N5O5S/c1-14-9-15(32-24-14)11-26-19(28)17-10-16(33(30,31)25-21(2)5-6-21)3-4-18(17)27(20(26)29)13-22(12-23)7-8-22/h14-18,24-25H,3-11,13H2,1-2H3. The van der Waals surface area contributed by atoms with Crippen molar-refractivity contribution in [1.29, 1.82) is 5.26 Å². The zero-order valence-corrected chi connectivity index (χ0v) is 20.1. The van der Waals surface area contributed by atoms with Crippen molar-refractivity contribution < 1.29 is 22.8 Å². The number of imide groups is 1. The number of carbonyl (C=O) groups excluding carboxylic acids is 2. The second-order valence-corrected chi connectivity index (χ2v) is 13.0. The minimum Gasteiger partial charge on any atom is -0.319 e. The fraction of sp³-hybridized carbons (Fsp3) is 0.864. The van der Waals surface area contributed by atoms with Gasteiger partial charge in [-0.3, -0.25) is 14.5 Å². The van der Waals surface area contributed by atoms with Gasteiger partial charge in [-0.25, -0.2) is 17.9 Å². The van der Waals surface area contributed by atoms with Crippen molar-refractivity contribution in [1.82, 2.24) is 20.0 Å². The van der Waals surface area contributed by atoms with Gasteiger partial charge in [0.2, 0.25) is 15.9 Å². The van der Waals surface area contributed by atoms with Crippen LogP contribution in [0.2, 0.25) is 0 Å². The van der Waals surface area contributed by atoms with Gasteiger partial charge in [-0.2, -0.15) is 10.7 Å². The topological polar surface area (TPSA) is 132 Å². The number of hydroxylamine groups is 1. The molecule has 0 aromatic carbocycles. The molecule has 10 nitrogen and oxygen atoms in total. The molecule has 0 bridgehead atoms. The summed E-state index contributed by atoms with van der Waals surface area (Å²) in [5.41, 5.74) is 1.96. The first kappa shape index (κ1) is 23.0. The van der Waals surface area contributed by atoms with E-state index in [0.29, 0.717) is 25.8 Å². The number of nitrogens with zero attached hydrogens (tertiary/aromatic N) is 3. The van der Waals surface area contributed by atoms with Gasteiger partial charge >= 0.3 is 6.03 Å². The lowest BCUT2D eigenvalue weighted by Gasteiger charge is -2.49. The normalized spacial score (nSPS) is 36.9. The largest absolute Gasteiger partial charge is 0.327 e. The highest BCUT2D eigenvalue weighted by Crippen LogP contribution is 2.48. The van der Waals surface area contributed by atoms with Crippen LogP contribution in [0, 0.1) is 22.7 Å². The van der Waals surface area contributed by atoms with Crippen LogP contribution in [-0.2, 0) is 19.7 Å². The van der Waals surface area contributed by atoms with Gasteiger partial charge in [-0.15, -0.1) is 0 Å². The van der Waals surface area contributed by atoms with Crippen molar-refractivity contribution >= 4 is 22.0 Å². The van der Waals surface area contributed by atoms with Gasteiger partial charge in [0.1, 0.15) is 0 Å². The zero-order chi connectivity index (χ0) is 23.6. The Morgan fingerprint density at radius 2 is 1.94 bits per heavy atom. The highest BCUT2D eigenvalue weighted by atomic mass is 32.2. The van der Waals surface area contributed by atoms with Crippen molar-refractivity contribution in [3.05, 3.63) is 0 Å². The predicted octanol–water partition coefficient (Wildman–Crippen LogP) is 1.25. The third-order valence-corrected chi connectivity index (χ3v) is 10.1. The Labute approximate surface area is 195 Å². The molecule has 182 valence electrons. The molecule has 0 aromatic rings. The molecule has 2 heterocycles. The first-order chi connectivity index (χ1) is 15.5. The van der Waals surface area contributed by atoms with Gasteiger partial charge in [-0.1, -0.05) is 0 Å². The molecule has 3 amide bonds. The molecular formula is C22H33N5O5S. The number of nitriles is 1. The fourth-order valence-corrected chi connectivity index (χ4v) is 7.46. The summed E-state index contributed by atoms with van der Waals surface area (Å²) < 4.78 is 29.0. The molecule has 5 rings (SSSR count). The highest BCUT2D eigenvalue weighted by Gasteiger charge is 2.55. The molecule has 3 aliphatic carbocycles. The number of amides is 3. The quantitative estimate of drug-likeness (QED) is 0.562. The molecule has 0 radical (unpaired) electrons. The predicted molar refractivity (Wildman–Crippen MR) is 118 cm³/mol. The molecule has 5 aliphatic rings. The smallest absolute Gasteiger partial charge is 0.319 e. The first-order valence-electron chi connectivity index (χ1n) is 12.0. The Morgan fingerprint density at radius 3 is 2.52 bits per heavy atom. The summed E-state index contributed by atoms with van der Waals surface area (Å²) in [6, 6.07) is 1.73. The SMILES string of the molecule is CC1CC(CN2C(=O)C3CC(S(=O)(=O)NC4(C)CC4)CCC3N(CC3(C#N)CC3)C2=O)ON1. The molecule has 2 aliphatic heterocycles. The Bertz CT molecular complexity index is 986. The molecule has 2 saturated heterocycles. The molecule has 0 spiro atoms. The van der Waals surface area contributed by atoms with Gasteiger partial charge in [0.15, 0.2) is 0 Å². The second kappa shape index (κ2) is 7.90. The van der Waals surface area contributed by atoms with Crippen molar-refractivity contribution in [3.8, 4) is 6.07 Å². The number of rotatable bonds is 7. The van der Waals surface area contributed by atoms with Crippen LogP contribution in [0.5, 0.6) is 0 Å². The van der Waals surface area contributed by atoms with E-state index >= 15 is 0 Å². The first-order valence-corrected chi connectivity index (χ1v) is 13.6. The summed E-state index contributed by atoms with van der Waals surface area (Å²) in [6.45, 7) is 4.29. The van der Waals surface area contributed by atoms with Crippen molar-refractivity contribution in [2.75, 3.05) is 13.1 Å². The molecular weight excluding hydrogens is 446 g/mol. The van der Waals surface area contributed by atoms with E-state index in [2.05, 4.69) is 16.3 Å². The van der Waals surface area contributed by atoms with Crippen LogP contribution < -0.4 is 10.2 Å². The number of urea groups is 1.